The van der Waals surface area contributed by atoms with Crippen LogP contribution in [0.2, 0.25) is 0 Å². The van der Waals surface area contributed by atoms with Gasteiger partial charge in [0.05, 0.1) is 12.6 Å². The van der Waals surface area contributed by atoms with Crippen LogP contribution in [0.5, 0.6) is 0 Å². The van der Waals surface area contributed by atoms with Crippen LogP contribution < -0.4 is 5.32 Å². The van der Waals surface area contributed by atoms with Gasteiger partial charge in [-0.05, 0) is 30.7 Å². The molecule has 0 saturated heterocycles. The molecule has 0 spiro atoms. The Morgan fingerprint density at radius 3 is 2.83 bits per heavy atom. The lowest BCUT2D eigenvalue weighted by atomic mass is 10.2. The molecular formula is C14H17FN2O. The summed E-state index contributed by atoms with van der Waals surface area (Å²) in [4.78, 5) is 13.8. The van der Waals surface area contributed by atoms with Gasteiger partial charge in [-0.3, -0.25) is 4.79 Å². The molecule has 0 saturated carbocycles. The summed E-state index contributed by atoms with van der Waals surface area (Å²) in [5, 5.41) is 3.01. The highest BCUT2D eigenvalue weighted by Crippen LogP contribution is 2.13. The van der Waals surface area contributed by atoms with Gasteiger partial charge in [0.25, 0.3) is 0 Å². The first-order chi connectivity index (χ1) is 8.70. The number of hydrogen-bond donors (Lipinski definition) is 1. The molecule has 1 atom stereocenters. The Balaban J connectivity index is 1.87. The van der Waals surface area contributed by atoms with Crippen molar-refractivity contribution in [3.05, 3.63) is 42.2 Å². The number of anilines is 1. The monoisotopic (exact) mass is 248 g/mol. The first-order valence-electron chi connectivity index (χ1n) is 6.16. The predicted molar refractivity (Wildman–Crippen MR) is 69.8 cm³/mol. The van der Waals surface area contributed by atoms with Crippen LogP contribution in [-0.4, -0.2) is 29.9 Å². The zero-order valence-corrected chi connectivity index (χ0v) is 10.4. The number of carbonyl (C=O) groups excluding carboxylic acids is 1. The van der Waals surface area contributed by atoms with Gasteiger partial charge in [0.2, 0.25) is 5.91 Å². The number of rotatable bonds is 4. The van der Waals surface area contributed by atoms with Crippen molar-refractivity contribution in [2.24, 2.45) is 0 Å². The summed E-state index contributed by atoms with van der Waals surface area (Å²) in [7, 11) is 0. The minimum absolute atomic E-state index is 0.0659. The molecule has 3 nitrogen and oxygen atoms in total. The van der Waals surface area contributed by atoms with Crippen molar-refractivity contribution in [1.82, 2.24) is 4.90 Å². The van der Waals surface area contributed by atoms with Crippen LogP contribution in [0.4, 0.5) is 10.1 Å². The highest BCUT2D eigenvalue weighted by molar-refractivity contribution is 5.81. The smallest absolute Gasteiger partial charge is 0.242 e. The zero-order valence-electron chi connectivity index (χ0n) is 10.4. The molecule has 1 unspecified atom stereocenters. The lowest BCUT2D eigenvalue weighted by Crippen LogP contribution is -2.39. The third-order valence-corrected chi connectivity index (χ3v) is 3.09. The van der Waals surface area contributed by atoms with E-state index in [2.05, 4.69) is 18.3 Å². The largest absolute Gasteiger partial charge is 0.376 e. The summed E-state index contributed by atoms with van der Waals surface area (Å²) in [6, 6.07) is 6.22. The molecule has 1 aromatic carbocycles. The zero-order chi connectivity index (χ0) is 13.0. The maximum atomic E-state index is 12.7. The van der Waals surface area contributed by atoms with Crippen molar-refractivity contribution in [2.75, 3.05) is 18.4 Å². The summed E-state index contributed by atoms with van der Waals surface area (Å²) in [6.45, 7) is 2.99. The first-order valence-corrected chi connectivity index (χ1v) is 6.16. The first kappa shape index (κ1) is 12.6. The second-order valence-corrected chi connectivity index (χ2v) is 4.31. The normalized spacial score (nSPS) is 18.1. The third kappa shape index (κ3) is 2.88. The van der Waals surface area contributed by atoms with Crippen LogP contribution in [0.1, 0.15) is 13.3 Å². The summed E-state index contributed by atoms with van der Waals surface area (Å²) in [5.41, 5.74) is 0.755. The molecular weight excluding hydrogens is 231 g/mol. The maximum Gasteiger partial charge on any atom is 0.242 e. The quantitative estimate of drug-likeness (QED) is 0.830. The van der Waals surface area contributed by atoms with Crippen molar-refractivity contribution in [2.45, 2.75) is 19.4 Å². The third-order valence-electron chi connectivity index (χ3n) is 3.09. The van der Waals surface area contributed by atoms with E-state index >= 15 is 0 Å². The lowest BCUT2D eigenvalue weighted by molar-refractivity contribution is -0.129. The molecule has 1 aromatic rings. The Morgan fingerprint density at radius 1 is 1.44 bits per heavy atom. The van der Waals surface area contributed by atoms with E-state index in [4.69, 9.17) is 0 Å². The van der Waals surface area contributed by atoms with Crippen molar-refractivity contribution < 1.29 is 9.18 Å². The Hall–Kier alpha value is -1.84. The van der Waals surface area contributed by atoms with Crippen molar-refractivity contribution in [3.63, 3.8) is 0 Å². The fraction of sp³-hybridized carbons (Fsp3) is 0.357. The van der Waals surface area contributed by atoms with Crippen molar-refractivity contribution >= 4 is 11.6 Å². The molecule has 0 radical (unpaired) electrons. The Labute approximate surface area is 106 Å². The molecule has 2 rings (SSSR count). The SMILES string of the molecule is CCC1C=CCN1C(=O)CNc1ccc(F)cc1. The molecule has 18 heavy (non-hydrogen) atoms. The highest BCUT2D eigenvalue weighted by Gasteiger charge is 2.22. The standard InChI is InChI=1S/C14H17FN2O/c1-2-13-4-3-9-17(13)14(18)10-16-12-7-5-11(15)6-8-12/h3-8,13,16H,2,9-10H2,1H3. The summed E-state index contributed by atoms with van der Waals surface area (Å²) < 4.78 is 12.7. The molecule has 0 aliphatic carbocycles. The summed E-state index contributed by atoms with van der Waals surface area (Å²) in [6.07, 6.45) is 5.01. The average Bonchev–Trinajstić information content (AvgIpc) is 2.86. The van der Waals surface area contributed by atoms with E-state index in [0.717, 1.165) is 12.1 Å². The van der Waals surface area contributed by atoms with Gasteiger partial charge in [-0.2, -0.15) is 0 Å². The van der Waals surface area contributed by atoms with Gasteiger partial charge in [-0.1, -0.05) is 19.1 Å². The lowest BCUT2D eigenvalue weighted by Gasteiger charge is -2.23. The van der Waals surface area contributed by atoms with E-state index in [0.29, 0.717) is 6.54 Å². The number of nitrogens with one attached hydrogen (secondary N) is 1. The van der Waals surface area contributed by atoms with Gasteiger partial charge in [-0.15, -0.1) is 0 Å². The van der Waals surface area contributed by atoms with Crippen LogP contribution in [-0.2, 0) is 4.79 Å². The molecule has 1 amide bonds. The van der Waals surface area contributed by atoms with Crippen molar-refractivity contribution in [3.8, 4) is 0 Å². The van der Waals surface area contributed by atoms with E-state index in [9.17, 15) is 9.18 Å². The molecule has 0 bridgehead atoms. The second kappa shape index (κ2) is 5.67. The van der Waals surface area contributed by atoms with Crippen LogP contribution in [0, 0.1) is 5.82 Å². The van der Waals surface area contributed by atoms with Crippen LogP contribution in [0.25, 0.3) is 0 Å². The number of benzene rings is 1. The molecule has 1 N–H and O–H groups in total. The van der Waals surface area contributed by atoms with E-state index in [1.165, 1.54) is 12.1 Å². The van der Waals surface area contributed by atoms with Gasteiger partial charge in [0.15, 0.2) is 0 Å². The predicted octanol–water partition coefficient (Wildman–Crippen LogP) is 2.41. The second-order valence-electron chi connectivity index (χ2n) is 4.31. The van der Waals surface area contributed by atoms with Crippen LogP contribution >= 0.6 is 0 Å². The highest BCUT2D eigenvalue weighted by atomic mass is 19.1. The van der Waals surface area contributed by atoms with E-state index in [1.54, 1.807) is 12.1 Å². The van der Waals surface area contributed by atoms with Gasteiger partial charge in [0, 0.05) is 12.2 Å². The minimum Gasteiger partial charge on any atom is -0.376 e. The van der Waals surface area contributed by atoms with Crippen molar-refractivity contribution in [1.29, 1.82) is 0 Å². The minimum atomic E-state index is -0.276. The van der Waals surface area contributed by atoms with Gasteiger partial charge in [-0.25, -0.2) is 4.39 Å². The molecule has 4 heteroatoms. The van der Waals surface area contributed by atoms with Gasteiger partial charge in [0.1, 0.15) is 5.82 Å². The van der Waals surface area contributed by atoms with E-state index in [1.807, 2.05) is 11.0 Å². The Morgan fingerprint density at radius 2 is 2.17 bits per heavy atom. The number of halogens is 1. The number of amides is 1. The number of carbonyl (C=O) groups is 1. The summed E-state index contributed by atoms with van der Waals surface area (Å²) >= 11 is 0. The fourth-order valence-corrected chi connectivity index (χ4v) is 2.06. The van der Waals surface area contributed by atoms with E-state index < -0.39 is 0 Å². The molecule has 1 heterocycles. The topological polar surface area (TPSA) is 32.3 Å². The summed E-state index contributed by atoms with van der Waals surface area (Å²) in [5.74, 6) is -0.210. The molecule has 0 aromatic heterocycles. The maximum absolute atomic E-state index is 12.7. The number of nitrogens with zero attached hydrogens (tertiary/aromatic N) is 1. The van der Waals surface area contributed by atoms with Gasteiger partial charge >= 0.3 is 0 Å². The van der Waals surface area contributed by atoms with Crippen LogP contribution in [0.15, 0.2) is 36.4 Å². The number of hydrogen-bond acceptors (Lipinski definition) is 2. The fourth-order valence-electron chi connectivity index (χ4n) is 2.06. The Bertz CT molecular complexity index is 442. The van der Waals surface area contributed by atoms with Gasteiger partial charge < -0.3 is 10.2 Å². The Kier molecular flexibility index (Phi) is 3.97. The van der Waals surface area contributed by atoms with E-state index in [-0.39, 0.29) is 24.3 Å². The molecule has 1 aliphatic heterocycles. The van der Waals surface area contributed by atoms with Crippen LogP contribution in [0.3, 0.4) is 0 Å². The molecule has 96 valence electrons. The average molecular weight is 248 g/mol. The molecule has 1 aliphatic rings. The molecule has 0 fully saturated rings.